The molecule has 0 aromatic rings. The molecule has 24 valence electrons. The first kappa shape index (κ1) is 4.73. The highest BCUT2D eigenvalue weighted by molar-refractivity contribution is 8.36. The van der Waals surface area contributed by atoms with E-state index in [2.05, 4.69) is 12.2 Å². The molecule has 0 aliphatic carbocycles. The van der Waals surface area contributed by atoms with Crippen molar-refractivity contribution < 1.29 is 0 Å². The van der Waals surface area contributed by atoms with Crippen LogP contribution in [-0.2, 0) is 0 Å². The Morgan fingerprint density at radius 3 is 2.25 bits per heavy atom. The molecule has 4 heavy (non-hydrogen) atoms. The summed E-state index contributed by atoms with van der Waals surface area (Å²) in [4.78, 5) is 0. The summed E-state index contributed by atoms with van der Waals surface area (Å²) in [5.41, 5.74) is 0. The van der Waals surface area contributed by atoms with Gasteiger partial charge in [0.2, 0.25) is 0 Å². The average Bonchev–Trinajstić information content (AvgIpc) is 1.37. The minimum atomic E-state index is 1.02. The summed E-state index contributed by atoms with van der Waals surface area (Å²) < 4.78 is 1.39. The second-order valence-electron chi connectivity index (χ2n) is 0.185. The fourth-order valence-electron chi connectivity index (χ4n) is 0. The van der Waals surface area contributed by atoms with Crippen LogP contribution in [-0.4, -0.2) is 4.70 Å². The van der Waals surface area contributed by atoms with Crippen molar-refractivity contribution >= 4 is 38.6 Å². The van der Waals surface area contributed by atoms with E-state index in [9.17, 15) is 0 Å². The molecule has 0 spiro atoms. The third-order valence-electron chi connectivity index (χ3n) is 0.0364. The molecular formula is CHClS2. The van der Waals surface area contributed by atoms with E-state index in [-0.39, 0.29) is 0 Å². The Bertz CT molecular complexity index is 20.0. The van der Waals surface area contributed by atoms with Gasteiger partial charge in [-0.15, -0.1) is 0 Å². The molecule has 0 aromatic carbocycles. The number of rotatable bonds is 1. The van der Waals surface area contributed by atoms with Crippen LogP contribution in [0.4, 0.5) is 0 Å². The smallest absolute Gasteiger partial charge is 0.0502 e. The van der Waals surface area contributed by atoms with Crippen LogP contribution in [0.25, 0.3) is 0 Å². The van der Waals surface area contributed by atoms with Crippen molar-refractivity contribution in [3.8, 4) is 0 Å². The van der Waals surface area contributed by atoms with Crippen LogP contribution in [0.5, 0.6) is 0 Å². The van der Waals surface area contributed by atoms with Gasteiger partial charge in [-0.25, -0.2) is 0 Å². The van der Waals surface area contributed by atoms with Crippen LogP contribution in [0.2, 0.25) is 0 Å². The summed E-state index contributed by atoms with van der Waals surface area (Å²) >= 11 is 4.26. The van der Waals surface area contributed by atoms with Gasteiger partial charge in [-0.3, -0.25) is 0 Å². The number of halogens is 1. The Kier molecular flexibility index (Phi) is 4.41. The zero-order valence-corrected chi connectivity index (χ0v) is 4.16. The topological polar surface area (TPSA) is 0 Å². The van der Waals surface area contributed by atoms with Crippen LogP contribution in [0.15, 0.2) is 0 Å². The molecule has 0 N–H and O–H groups in total. The van der Waals surface area contributed by atoms with Crippen molar-refractivity contribution in [1.29, 1.82) is 0 Å². The standard InChI is InChI=1S/CHClS2/c2-4-1-3/h1H. The lowest BCUT2D eigenvalue weighted by Crippen LogP contribution is -1.26. The van der Waals surface area contributed by atoms with Gasteiger partial charge in [0.1, 0.15) is 0 Å². The van der Waals surface area contributed by atoms with Gasteiger partial charge in [-0.05, 0) is 21.7 Å². The van der Waals surface area contributed by atoms with E-state index in [0.29, 0.717) is 0 Å². The number of hydrogen-bond acceptors (Lipinski definition) is 2. The minimum absolute atomic E-state index is 1.02. The first-order valence-corrected chi connectivity index (χ1v) is 2.80. The van der Waals surface area contributed by atoms with Crippen molar-refractivity contribution in [3.63, 3.8) is 0 Å². The maximum Gasteiger partial charge on any atom is 0.0502 e. The summed E-state index contributed by atoms with van der Waals surface area (Å²) in [6, 6.07) is 0. The van der Waals surface area contributed by atoms with E-state index in [0.717, 1.165) is 11.0 Å². The SMILES string of the molecule is S=CSCl. The van der Waals surface area contributed by atoms with Crippen molar-refractivity contribution in [3.05, 3.63) is 0 Å². The van der Waals surface area contributed by atoms with Gasteiger partial charge in [0, 0.05) is 0 Å². The molecule has 0 fully saturated rings. The van der Waals surface area contributed by atoms with Gasteiger partial charge in [0.25, 0.3) is 0 Å². The molecule has 0 rings (SSSR count). The van der Waals surface area contributed by atoms with Gasteiger partial charge in [-0.2, -0.15) is 0 Å². The Morgan fingerprint density at radius 1 is 2.00 bits per heavy atom. The van der Waals surface area contributed by atoms with Crippen LogP contribution >= 0.6 is 33.9 Å². The molecule has 0 nitrogen and oxygen atoms in total. The Labute approximate surface area is 39.0 Å². The summed E-state index contributed by atoms with van der Waals surface area (Å²) in [5.74, 6) is 0. The largest absolute Gasteiger partial charge is 0.0799 e. The van der Waals surface area contributed by atoms with Gasteiger partial charge >= 0.3 is 0 Å². The molecule has 3 heteroatoms. The van der Waals surface area contributed by atoms with Gasteiger partial charge < -0.3 is 0 Å². The highest BCUT2D eigenvalue weighted by atomic mass is 35.7. The van der Waals surface area contributed by atoms with E-state index >= 15 is 0 Å². The second-order valence-corrected chi connectivity index (χ2v) is 1.67. The molecule has 0 radical (unpaired) electrons. The summed E-state index contributed by atoms with van der Waals surface area (Å²) in [6.07, 6.45) is 0. The van der Waals surface area contributed by atoms with Crippen LogP contribution in [0.3, 0.4) is 0 Å². The third-order valence-corrected chi connectivity index (χ3v) is 0.982. The molecule has 0 bridgehead atoms. The maximum atomic E-state index is 4.94. The monoisotopic (exact) mass is 112 g/mol. The van der Waals surface area contributed by atoms with Crippen LogP contribution < -0.4 is 0 Å². The Hall–Kier alpha value is 0.730. The molecule has 0 aromatic heterocycles. The summed E-state index contributed by atoms with van der Waals surface area (Å²) in [6.45, 7) is 0. The van der Waals surface area contributed by atoms with E-state index < -0.39 is 0 Å². The minimum Gasteiger partial charge on any atom is -0.0799 e. The molecule has 0 aliphatic heterocycles. The summed E-state index contributed by atoms with van der Waals surface area (Å²) in [7, 11) is 5.96. The Balaban J connectivity index is 2.30. The number of thiocarbonyl (C=S) groups is 1. The van der Waals surface area contributed by atoms with Crippen molar-refractivity contribution in [1.82, 2.24) is 0 Å². The van der Waals surface area contributed by atoms with Crippen molar-refractivity contribution in [2.75, 3.05) is 0 Å². The van der Waals surface area contributed by atoms with E-state index in [4.69, 9.17) is 10.7 Å². The van der Waals surface area contributed by atoms with Gasteiger partial charge in [-0.1, -0.05) is 12.2 Å². The lowest BCUT2D eigenvalue weighted by atomic mass is 11.9. The quantitative estimate of drug-likeness (QED) is 0.475. The van der Waals surface area contributed by atoms with Gasteiger partial charge in [0.05, 0.1) is 4.70 Å². The fraction of sp³-hybridized carbons (Fsp3) is 0. The zero-order valence-electron chi connectivity index (χ0n) is 1.77. The predicted octanol–water partition coefficient (Wildman–Crippen LogP) is 1.83. The van der Waals surface area contributed by atoms with E-state index in [1.807, 2.05) is 0 Å². The summed E-state index contributed by atoms with van der Waals surface area (Å²) in [5, 5.41) is 0. The molecule has 0 atom stereocenters. The van der Waals surface area contributed by atoms with E-state index in [1.54, 1.807) is 0 Å². The normalized spacial score (nSPS) is 6.25. The third kappa shape index (κ3) is 2.73. The lowest BCUT2D eigenvalue weighted by molar-refractivity contribution is 4.44. The van der Waals surface area contributed by atoms with Crippen LogP contribution in [0, 0.1) is 0 Å². The predicted molar refractivity (Wildman–Crippen MR) is 27.1 cm³/mol. The first-order valence-electron chi connectivity index (χ1n) is 0.626. The van der Waals surface area contributed by atoms with E-state index in [1.165, 1.54) is 4.70 Å². The molecule has 0 saturated heterocycles. The molecule has 0 heterocycles. The zero-order chi connectivity index (χ0) is 3.41. The number of hydrogen-bond donors (Lipinski definition) is 0. The Morgan fingerprint density at radius 2 is 2.25 bits per heavy atom. The molecule has 0 unspecified atom stereocenters. The van der Waals surface area contributed by atoms with Crippen molar-refractivity contribution in [2.24, 2.45) is 0 Å². The molecule has 0 aliphatic rings. The molecule has 0 saturated carbocycles. The average molecular weight is 113 g/mol. The fourth-order valence-corrected chi connectivity index (χ4v) is 0. The molecule has 0 amide bonds. The molecular weight excluding hydrogens is 112 g/mol. The second kappa shape index (κ2) is 3.73. The van der Waals surface area contributed by atoms with Gasteiger partial charge in [0.15, 0.2) is 0 Å². The maximum absolute atomic E-state index is 4.94. The first-order chi connectivity index (χ1) is 1.91. The highest BCUT2D eigenvalue weighted by Gasteiger charge is 1.51. The lowest BCUT2D eigenvalue weighted by Gasteiger charge is -1.51. The van der Waals surface area contributed by atoms with Crippen LogP contribution in [0.1, 0.15) is 0 Å². The highest BCUT2D eigenvalue weighted by Crippen LogP contribution is 1.97. The van der Waals surface area contributed by atoms with Crippen molar-refractivity contribution in [2.45, 2.75) is 0 Å².